The van der Waals surface area contributed by atoms with Crippen LogP contribution in [0.5, 0.6) is 0 Å². The molecular weight excluding hydrogens is 258 g/mol. The maximum Gasteiger partial charge on any atom is 0.304 e. The van der Waals surface area contributed by atoms with Crippen molar-refractivity contribution < 1.29 is 9.90 Å². The number of aliphatic carboxylic acids is 1. The summed E-state index contributed by atoms with van der Waals surface area (Å²) in [4.78, 5) is 14.9. The number of carbonyl (C=O) groups is 1. The summed E-state index contributed by atoms with van der Waals surface area (Å²) in [6.07, 6.45) is 3.63. The van der Waals surface area contributed by atoms with Gasteiger partial charge in [0.2, 0.25) is 0 Å². The van der Waals surface area contributed by atoms with Gasteiger partial charge < -0.3 is 5.11 Å². The van der Waals surface area contributed by atoms with Crippen molar-refractivity contribution in [2.24, 2.45) is 5.92 Å². The number of thiophene rings is 1. The van der Waals surface area contributed by atoms with Crippen LogP contribution < -0.4 is 0 Å². The lowest BCUT2D eigenvalue weighted by atomic mass is 9.92. The molecule has 2 rings (SSSR count). The van der Waals surface area contributed by atoms with E-state index in [1.54, 1.807) is 11.3 Å². The highest BCUT2D eigenvalue weighted by Gasteiger charge is 2.33. The van der Waals surface area contributed by atoms with Crippen LogP contribution in [0.3, 0.4) is 0 Å². The first-order valence-electron chi connectivity index (χ1n) is 7.10. The van der Waals surface area contributed by atoms with Crippen LogP contribution in [0, 0.1) is 5.92 Å². The van der Waals surface area contributed by atoms with Crippen molar-refractivity contribution in [2.45, 2.75) is 51.6 Å². The van der Waals surface area contributed by atoms with Crippen molar-refractivity contribution in [1.29, 1.82) is 0 Å². The molecule has 2 heterocycles. The molecule has 0 amide bonds. The van der Waals surface area contributed by atoms with E-state index in [4.69, 9.17) is 5.11 Å². The van der Waals surface area contributed by atoms with Crippen LogP contribution in [0.1, 0.15) is 50.4 Å². The molecule has 0 aromatic carbocycles. The van der Waals surface area contributed by atoms with Crippen molar-refractivity contribution in [3.05, 3.63) is 22.4 Å². The molecule has 0 radical (unpaired) electrons. The Hall–Kier alpha value is -0.870. The molecule has 4 heteroatoms. The van der Waals surface area contributed by atoms with E-state index in [1.165, 1.54) is 11.3 Å². The van der Waals surface area contributed by atoms with Gasteiger partial charge in [0.1, 0.15) is 0 Å². The monoisotopic (exact) mass is 281 g/mol. The van der Waals surface area contributed by atoms with Gasteiger partial charge in [0.25, 0.3) is 0 Å². The van der Waals surface area contributed by atoms with Crippen molar-refractivity contribution in [1.82, 2.24) is 4.90 Å². The number of carboxylic acids is 1. The lowest BCUT2D eigenvalue weighted by molar-refractivity contribution is -0.139. The van der Waals surface area contributed by atoms with E-state index in [0.717, 1.165) is 19.4 Å². The second kappa shape index (κ2) is 6.53. The van der Waals surface area contributed by atoms with Gasteiger partial charge in [-0.05, 0) is 36.8 Å². The molecule has 3 nitrogen and oxygen atoms in total. The van der Waals surface area contributed by atoms with Crippen LogP contribution in [0.15, 0.2) is 17.5 Å². The molecule has 2 unspecified atom stereocenters. The normalized spacial score (nSPS) is 22.6. The Morgan fingerprint density at radius 2 is 2.32 bits per heavy atom. The smallest absolute Gasteiger partial charge is 0.304 e. The Kier molecular flexibility index (Phi) is 4.99. The van der Waals surface area contributed by atoms with Gasteiger partial charge in [-0.3, -0.25) is 9.69 Å². The second-order valence-corrected chi connectivity index (χ2v) is 6.67. The maximum atomic E-state index is 11.1. The molecular formula is C15H23NO2S. The summed E-state index contributed by atoms with van der Waals surface area (Å²) in [5, 5.41) is 11.2. The van der Waals surface area contributed by atoms with Gasteiger partial charge in [0, 0.05) is 17.0 Å². The fourth-order valence-electron chi connectivity index (χ4n) is 3.14. The van der Waals surface area contributed by atoms with E-state index in [2.05, 4.69) is 36.3 Å². The average Bonchev–Trinajstić information content (AvgIpc) is 2.84. The van der Waals surface area contributed by atoms with Crippen molar-refractivity contribution in [3.63, 3.8) is 0 Å². The van der Waals surface area contributed by atoms with Gasteiger partial charge in [-0.25, -0.2) is 0 Å². The number of likely N-dealkylation sites (tertiary alicyclic amines) is 1. The zero-order chi connectivity index (χ0) is 13.8. The van der Waals surface area contributed by atoms with Gasteiger partial charge in [-0.2, -0.15) is 0 Å². The minimum atomic E-state index is -0.675. The average molecular weight is 281 g/mol. The van der Waals surface area contributed by atoms with E-state index in [-0.39, 0.29) is 12.5 Å². The summed E-state index contributed by atoms with van der Waals surface area (Å²) in [7, 11) is 0. The van der Waals surface area contributed by atoms with Crippen molar-refractivity contribution >= 4 is 17.3 Å². The topological polar surface area (TPSA) is 40.5 Å². The first kappa shape index (κ1) is 14.5. The number of piperidine rings is 1. The molecule has 0 aliphatic carbocycles. The second-order valence-electron chi connectivity index (χ2n) is 5.69. The molecule has 19 heavy (non-hydrogen) atoms. The summed E-state index contributed by atoms with van der Waals surface area (Å²) >= 11 is 1.78. The summed E-state index contributed by atoms with van der Waals surface area (Å²) in [5.41, 5.74) is 0. The van der Waals surface area contributed by atoms with E-state index in [1.807, 2.05) is 0 Å². The van der Waals surface area contributed by atoms with E-state index in [0.29, 0.717) is 12.0 Å². The molecule has 1 aromatic rings. The maximum absolute atomic E-state index is 11.1. The van der Waals surface area contributed by atoms with Gasteiger partial charge >= 0.3 is 5.97 Å². The van der Waals surface area contributed by atoms with Crippen molar-refractivity contribution in [3.8, 4) is 0 Å². The van der Waals surface area contributed by atoms with Crippen LogP contribution in [0.25, 0.3) is 0 Å². The molecule has 1 aromatic heterocycles. The Balaban J connectivity index is 2.20. The fraction of sp³-hybridized carbons (Fsp3) is 0.667. The third-order valence-electron chi connectivity index (χ3n) is 3.91. The number of carboxylic acid groups (broad SMARTS) is 1. The molecule has 2 atom stereocenters. The highest BCUT2D eigenvalue weighted by atomic mass is 32.1. The van der Waals surface area contributed by atoms with Gasteiger partial charge in [-0.1, -0.05) is 26.3 Å². The SMILES string of the molecule is CC(C)C(c1cccs1)N1CCCCC1CC(=O)O. The third-order valence-corrected chi connectivity index (χ3v) is 4.85. The highest BCUT2D eigenvalue weighted by Crippen LogP contribution is 2.36. The zero-order valence-corrected chi connectivity index (χ0v) is 12.5. The van der Waals surface area contributed by atoms with Gasteiger partial charge in [0.05, 0.1) is 6.42 Å². The Morgan fingerprint density at radius 3 is 2.89 bits per heavy atom. The first-order valence-corrected chi connectivity index (χ1v) is 7.98. The van der Waals surface area contributed by atoms with E-state index < -0.39 is 5.97 Å². The van der Waals surface area contributed by atoms with Crippen molar-refractivity contribution in [2.75, 3.05) is 6.54 Å². The molecule has 1 fully saturated rings. The van der Waals surface area contributed by atoms with Crippen LogP contribution in [-0.4, -0.2) is 28.6 Å². The molecule has 106 valence electrons. The first-order chi connectivity index (χ1) is 9.09. The molecule has 0 saturated carbocycles. The Morgan fingerprint density at radius 1 is 1.53 bits per heavy atom. The number of hydrogen-bond donors (Lipinski definition) is 1. The predicted molar refractivity (Wildman–Crippen MR) is 78.5 cm³/mol. The molecule has 0 bridgehead atoms. The molecule has 1 aliphatic heterocycles. The summed E-state index contributed by atoms with van der Waals surface area (Å²) < 4.78 is 0. The largest absolute Gasteiger partial charge is 0.481 e. The predicted octanol–water partition coefficient (Wildman–Crippen LogP) is 3.77. The van der Waals surface area contributed by atoms with E-state index in [9.17, 15) is 4.79 Å². The number of nitrogens with zero attached hydrogens (tertiary/aromatic N) is 1. The van der Waals surface area contributed by atoms with Crippen LogP contribution in [-0.2, 0) is 4.79 Å². The third kappa shape index (κ3) is 3.57. The quantitative estimate of drug-likeness (QED) is 0.893. The minimum absolute atomic E-state index is 0.195. The Labute approximate surface area is 119 Å². The number of rotatable bonds is 5. The van der Waals surface area contributed by atoms with Gasteiger partial charge in [0.15, 0.2) is 0 Å². The lowest BCUT2D eigenvalue weighted by Crippen LogP contribution is -2.44. The van der Waals surface area contributed by atoms with Crippen LogP contribution >= 0.6 is 11.3 Å². The molecule has 1 aliphatic rings. The zero-order valence-electron chi connectivity index (χ0n) is 11.7. The van der Waals surface area contributed by atoms with Crippen LogP contribution in [0.2, 0.25) is 0 Å². The fourth-order valence-corrected chi connectivity index (χ4v) is 4.16. The lowest BCUT2D eigenvalue weighted by Gasteiger charge is -2.42. The van der Waals surface area contributed by atoms with Gasteiger partial charge in [-0.15, -0.1) is 11.3 Å². The highest BCUT2D eigenvalue weighted by molar-refractivity contribution is 7.10. The Bertz CT molecular complexity index is 402. The summed E-state index contributed by atoms with van der Waals surface area (Å²) in [6, 6.07) is 4.83. The summed E-state index contributed by atoms with van der Waals surface area (Å²) in [6.45, 7) is 5.49. The molecule has 0 spiro atoms. The molecule has 1 N–H and O–H groups in total. The summed E-state index contributed by atoms with van der Waals surface area (Å²) in [5.74, 6) is -0.168. The van der Waals surface area contributed by atoms with Crippen LogP contribution in [0.4, 0.5) is 0 Å². The minimum Gasteiger partial charge on any atom is -0.481 e. The number of hydrogen-bond acceptors (Lipinski definition) is 3. The molecule has 1 saturated heterocycles. The standard InChI is InChI=1S/C15H23NO2S/c1-11(2)15(13-7-5-9-19-13)16-8-4-3-6-12(16)10-14(17)18/h5,7,9,11-12,15H,3-4,6,8,10H2,1-2H3,(H,17,18). The van der Waals surface area contributed by atoms with E-state index >= 15 is 0 Å².